The number of rotatable bonds is 57. The third kappa shape index (κ3) is 56.2. The molecule has 3 unspecified atom stereocenters. The molecule has 76 heavy (non-hydrogen) atoms. The van der Waals surface area contributed by atoms with Crippen LogP contribution in [-0.2, 0) is 27.9 Å². The summed E-state index contributed by atoms with van der Waals surface area (Å²) in [4.78, 5) is 40.0. The van der Waals surface area contributed by atoms with Crippen molar-refractivity contribution in [1.29, 1.82) is 0 Å². The summed E-state index contributed by atoms with van der Waals surface area (Å²) >= 11 is 0. The molecule has 0 heterocycles. The number of quaternary nitrogens is 1. The summed E-state index contributed by atoms with van der Waals surface area (Å²) in [5, 5.41) is 3.02. The monoisotopic (exact) mass is 1080 g/mol. The molecule has 0 saturated carbocycles. The third-order valence-electron chi connectivity index (χ3n) is 13.9. The molecular formula is C66H121N2O7P. The molecule has 0 aliphatic heterocycles. The lowest BCUT2D eigenvalue weighted by Crippen LogP contribution is -2.47. The van der Waals surface area contributed by atoms with Gasteiger partial charge in [-0.15, -0.1) is 0 Å². The van der Waals surface area contributed by atoms with Gasteiger partial charge in [-0.1, -0.05) is 242 Å². The second-order valence-electron chi connectivity index (χ2n) is 22.6. The Bertz CT molecular complexity index is 1530. The summed E-state index contributed by atoms with van der Waals surface area (Å²) in [6.07, 6.45) is 71.5. The Morgan fingerprint density at radius 2 is 0.803 bits per heavy atom. The van der Waals surface area contributed by atoms with E-state index >= 15 is 0 Å². The largest absolute Gasteiger partial charge is 0.756 e. The molecule has 0 aliphatic rings. The van der Waals surface area contributed by atoms with Crippen molar-refractivity contribution in [1.82, 2.24) is 5.32 Å². The number of allylic oxidation sites excluding steroid dienone is 11. The summed E-state index contributed by atoms with van der Waals surface area (Å²) in [5.41, 5.74) is 0. The van der Waals surface area contributed by atoms with Gasteiger partial charge in [0, 0.05) is 12.8 Å². The van der Waals surface area contributed by atoms with Gasteiger partial charge in [0.05, 0.1) is 33.8 Å². The quantitative estimate of drug-likeness (QED) is 0.0212. The van der Waals surface area contributed by atoms with Crippen LogP contribution in [0.3, 0.4) is 0 Å². The van der Waals surface area contributed by atoms with Gasteiger partial charge in [-0.2, -0.15) is 0 Å². The molecule has 0 spiro atoms. The number of esters is 1. The van der Waals surface area contributed by atoms with Crippen molar-refractivity contribution in [3.05, 3.63) is 72.9 Å². The van der Waals surface area contributed by atoms with Crippen LogP contribution < -0.4 is 10.2 Å². The molecule has 0 aliphatic carbocycles. The number of nitrogens with zero attached hydrogens (tertiary/aromatic N) is 1. The number of hydrogen-bond donors (Lipinski definition) is 1. The summed E-state index contributed by atoms with van der Waals surface area (Å²) < 4.78 is 30.3. The van der Waals surface area contributed by atoms with Gasteiger partial charge in [0.15, 0.2) is 0 Å². The second kappa shape index (κ2) is 55.8. The maximum absolute atomic E-state index is 13.5. The zero-order valence-electron chi connectivity index (χ0n) is 50.4. The number of carbonyl (C=O) groups excluding carboxylic acids is 2. The normalized spacial score (nSPS) is 14.1. The van der Waals surface area contributed by atoms with Crippen LogP contribution in [0.15, 0.2) is 72.9 Å². The molecule has 0 bridgehead atoms. The van der Waals surface area contributed by atoms with Gasteiger partial charge in [0.2, 0.25) is 5.91 Å². The van der Waals surface area contributed by atoms with Gasteiger partial charge in [-0.05, 0) is 102 Å². The van der Waals surface area contributed by atoms with Crippen molar-refractivity contribution < 1.29 is 37.3 Å². The van der Waals surface area contributed by atoms with E-state index in [0.29, 0.717) is 23.9 Å². The fourth-order valence-electron chi connectivity index (χ4n) is 8.91. The van der Waals surface area contributed by atoms with Crippen LogP contribution in [0.4, 0.5) is 0 Å². The van der Waals surface area contributed by atoms with Gasteiger partial charge in [0.1, 0.15) is 19.3 Å². The summed E-state index contributed by atoms with van der Waals surface area (Å²) in [5.74, 6) is -0.569. The molecule has 0 rings (SSSR count). The minimum atomic E-state index is -4.71. The molecule has 0 aromatic rings. The molecule has 442 valence electrons. The Balaban J connectivity index is 5.26. The van der Waals surface area contributed by atoms with Crippen molar-refractivity contribution >= 4 is 19.7 Å². The fourth-order valence-corrected chi connectivity index (χ4v) is 9.63. The van der Waals surface area contributed by atoms with E-state index in [4.69, 9.17) is 13.8 Å². The maximum atomic E-state index is 13.5. The van der Waals surface area contributed by atoms with Crippen molar-refractivity contribution in [3.63, 3.8) is 0 Å². The number of unbranched alkanes of at least 4 members (excludes halogenated alkanes) is 31. The molecule has 0 aromatic heterocycles. The van der Waals surface area contributed by atoms with E-state index in [-0.39, 0.29) is 24.9 Å². The molecule has 1 amide bonds. The van der Waals surface area contributed by atoms with E-state index in [0.717, 1.165) is 96.3 Å². The summed E-state index contributed by atoms with van der Waals surface area (Å²) in [6, 6.07) is -0.902. The number of phosphoric acid groups is 1. The summed E-state index contributed by atoms with van der Waals surface area (Å²) in [6.45, 7) is 6.80. The highest BCUT2D eigenvalue weighted by atomic mass is 31.2. The predicted octanol–water partition coefficient (Wildman–Crippen LogP) is 19.0. The van der Waals surface area contributed by atoms with Crippen LogP contribution in [-0.4, -0.2) is 69.4 Å². The zero-order chi connectivity index (χ0) is 55.7. The molecular weight excluding hydrogens is 964 g/mol. The number of ether oxygens (including phenoxy) is 1. The van der Waals surface area contributed by atoms with Crippen LogP contribution in [0.25, 0.3) is 0 Å². The van der Waals surface area contributed by atoms with Crippen LogP contribution in [0.2, 0.25) is 0 Å². The Hall–Kier alpha value is -2.55. The average molecular weight is 1090 g/mol. The SMILES string of the molecule is CCCCC/C=C\C/C=C\C/C=C\C/C=C\CCCCCCCCCC(=O)NC(COP(=O)([O-])OCC[N+](C)(C)C)C(/C=C\CCCCCCCCCCCCC)OC(=O)CCCCC/C=C\CCCCCCCCC. The van der Waals surface area contributed by atoms with E-state index in [1.807, 2.05) is 33.3 Å². The van der Waals surface area contributed by atoms with Crippen LogP contribution in [0.5, 0.6) is 0 Å². The van der Waals surface area contributed by atoms with E-state index in [2.05, 4.69) is 86.8 Å². The van der Waals surface area contributed by atoms with E-state index in [1.165, 1.54) is 148 Å². The highest BCUT2D eigenvalue weighted by molar-refractivity contribution is 7.45. The second-order valence-corrected chi connectivity index (χ2v) is 24.0. The molecule has 3 atom stereocenters. The molecule has 9 nitrogen and oxygen atoms in total. The van der Waals surface area contributed by atoms with Crippen LogP contribution in [0, 0.1) is 0 Å². The van der Waals surface area contributed by atoms with E-state index < -0.39 is 26.6 Å². The predicted molar refractivity (Wildman–Crippen MR) is 325 cm³/mol. The smallest absolute Gasteiger partial charge is 0.306 e. The number of hydrogen-bond acceptors (Lipinski definition) is 7. The molecule has 0 aromatic carbocycles. The molecule has 10 heteroatoms. The fraction of sp³-hybridized carbons (Fsp3) is 0.788. The Labute approximate surface area is 470 Å². The Kier molecular flexibility index (Phi) is 53.9. The molecule has 0 fully saturated rings. The number of phosphoric ester groups is 1. The highest BCUT2D eigenvalue weighted by Gasteiger charge is 2.27. The first-order valence-electron chi connectivity index (χ1n) is 31.7. The van der Waals surface area contributed by atoms with Crippen molar-refractivity contribution in [2.75, 3.05) is 40.9 Å². The van der Waals surface area contributed by atoms with Gasteiger partial charge in [0.25, 0.3) is 7.82 Å². The lowest BCUT2D eigenvalue weighted by molar-refractivity contribution is -0.870. The van der Waals surface area contributed by atoms with Gasteiger partial charge in [-0.25, -0.2) is 0 Å². The van der Waals surface area contributed by atoms with E-state index in [1.54, 1.807) is 0 Å². The first-order valence-corrected chi connectivity index (χ1v) is 33.2. The Morgan fingerprint density at radius 3 is 1.25 bits per heavy atom. The number of likely N-dealkylation sites (N-methyl/N-ethyl adjacent to an activating group) is 1. The number of amides is 1. The van der Waals surface area contributed by atoms with Gasteiger partial charge in [-0.3, -0.25) is 14.2 Å². The minimum absolute atomic E-state index is 0.0288. The third-order valence-corrected chi connectivity index (χ3v) is 14.8. The van der Waals surface area contributed by atoms with E-state index in [9.17, 15) is 19.0 Å². The first kappa shape index (κ1) is 73.5. The van der Waals surface area contributed by atoms with Crippen molar-refractivity contribution in [2.45, 2.75) is 296 Å². The maximum Gasteiger partial charge on any atom is 0.306 e. The van der Waals surface area contributed by atoms with Crippen LogP contribution in [0.1, 0.15) is 284 Å². The average Bonchev–Trinajstić information content (AvgIpc) is 3.38. The Morgan fingerprint density at radius 1 is 0.461 bits per heavy atom. The van der Waals surface area contributed by atoms with Crippen molar-refractivity contribution in [3.8, 4) is 0 Å². The lowest BCUT2D eigenvalue weighted by Gasteiger charge is -2.30. The van der Waals surface area contributed by atoms with Crippen LogP contribution >= 0.6 is 7.82 Å². The van der Waals surface area contributed by atoms with Gasteiger partial charge >= 0.3 is 5.97 Å². The number of carbonyl (C=O) groups is 2. The lowest BCUT2D eigenvalue weighted by atomic mass is 10.0. The topological polar surface area (TPSA) is 114 Å². The van der Waals surface area contributed by atoms with Gasteiger partial charge < -0.3 is 28.5 Å². The van der Waals surface area contributed by atoms with Crippen molar-refractivity contribution in [2.24, 2.45) is 0 Å². The highest BCUT2D eigenvalue weighted by Crippen LogP contribution is 2.38. The summed E-state index contributed by atoms with van der Waals surface area (Å²) in [7, 11) is 1.17. The minimum Gasteiger partial charge on any atom is -0.756 e. The molecule has 1 N–H and O–H groups in total. The molecule has 0 radical (unpaired) electrons. The molecule has 0 saturated heterocycles. The standard InChI is InChI=1S/C66H121N2O7P/c1-7-10-13-16-19-22-25-28-30-31-32-33-34-35-36-37-38-40-43-46-49-52-55-58-65(69)67-63(62-74-76(71,72)73-61-60-68(4,5)6)64(57-54-51-48-45-42-39-27-24-21-18-15-12-9-3)75-66(70)59-56-53-50-47-44-41-29-26-23-20-17-14-11-8-2/h19,22,28,30,32-33,35-36,41,44,54,57,63-64H,7-18,20-21,23-27,29,31,34,37-40,42-43,45-53,55-56,58-62H2,1-6H3,(H-,67,69,71,72)/b22-19-,30-28-,33-32-,36-35-,44-41-,57-54-. The number of nitrogens with one attached hydrogen (secondary N) is 1. The first-order chi connectivity index (χ1) is 36.9. The zero-order valence-corrected chi connectivity index (χ0v) is 51.3.